The van der Waals surface area contributed by atoms with Gasteiger partial charge in [0.15, 0.2) is 0 Å². The summed E-state index contributed by atoms with van der Waals surface area (Å²) in [5.41, 5.74) is 1.38. The molecule has 2 rings (SSSR count). The standard InChI is InChI=1S/C11H11N5O2/c17-11(18)9-4-14-7-16-10(9)5-13-3-8-1-2-12-6-15-8/h1-2,4,6-7,13H,3,5H2,(H,17,18). The molecule has 0 aliphatic rings. The summed E-state index contributed by atoms with van der Waals surface area (Å²) in [5, 5.41) is 12.0. The number of aromatic nitrogens is 4. The number of carboxylic acids is 1. The zero-order valence-electron chi connectivity index (χ0n) is 9.45. The molecule has 2 aromatic rings. The maximum atomic E-state index is 10.9. The van der Waals surface area contributed by atoms with Gasteiger partial charge in [0.25, 0.3) is 0 Å². The summed E-state index contributed by atoms with van der Waals surface area (Å²) in [7, 11) is 0. The van der Waals surface area contributed by atoms with Crippen molar-refractivity contribution in [3.8, 4) is 0 Å². The maximum Gasteiger partial charge on any atom is 0.339 e. The average molecular weight is 245 g/mol. The molecule has 0 amide bonds. The molecule has 0 atom stereocenters. The van der Waals surface area contributed by atoms with Crippen LogP contribution in [0.15, 0.2) is 31.1 Å². The van der Waals surface area contributed by atoms with Crippen molar-refractivity contribution in [1.29, 1.82) is 0 Å². The Hall–Kier alpha value is -2.41. The Balaban J connectivity index is 1.97. The zero-order chi connectivity index (χ0) is 12.8. The van der Waals surface area contributed by atoms with Gasteiger partial charge in [0.2, 0.25) is 0 Å². The molecule has 2 N–H and O–H groups in total. The molecule has 18 heavy (non-hydrogen) atoms. The van der Waals surface area contributed by atoms with E-state index >= 15 is 0 Å². The summed E-state index contributed by atoms with van der Waals surface area (Å²) in [6.07, 6.45) is 5.73. The van der Waals surface area contributed by atoms with Crippen molar-refractivity contribution in [2.24, 2.45) is 0 Å². The lowest BCUT2D eigenvalue weighted by Gasteiger charge is -2.05. The summed E-state index contributed by atoms with van der Waals surface area (Å²) in [6, 6.07) is 1.78. The predicted molar refractivity (Wildman–Crippen MR) is 61.6 cm³/mol. The van der Waals surface area contributed by atoms with Crippen LogP contribution >= 0.6 is 0 Å². The largest absolute Gasteiger partial charge is 0.478 e. The van der Waals surface area contributed by atoms with E-state index in [0.717, 1.165) is 5.69 Å². The molecular formula is C11H11N5O2. The second kappa shape index (κ2) is 5.78. The van der Waals surface area contributed by atoms with Crippen LogP contribution in [-0.4, -0.2) is 31.0 Å². The highest BCUT2D eigenvalue weighted by Gasteiger charge is 2.10. The van der Waals surface area contributed by atoms with Crippen LogP contribution in [0.25, 0.3) is 0 Å². The molecule has 0 aromatic carbocycles. The Morgan fingerprint density at radius 1 is 1.22 bits per heavy atom. The molecule has 0 aliphatic heterocycles. The fourth-order valence-electron chi connectivity index (χ4n) is 1.41. The molecule has 0 radical (unpaired) electrons. The molecule has 0 fully saturated rings. The second-order valence-corrected chi connectivity index (χ2v) is 3.49. The third-order valence-corrected chi connectivity index (χ3v) is 2.27. The van der Waals surface area contributed by atoms with E-state index in [9.17, 15) is 4.79 Å². The Bertz CT molecular complexity index is 532. The van der Waals surface area contributed by atoms with Crippen molar-refractivity contribution in [1.82, 2.24) is 25.3 Å². The van der Waals surface area contributed by atoms with Gasteiger partial charge in [0.1, 0.15) is 18.2 Å². The van der Waals surface area contributed by atoms with E-state index < -0.39 is 5.97 Å². The predicted octanol–water partition coefficient (Wildman–Crippen LogP) is 0.255. The minimum Gasteiger partial charge on any atom is -0.478 e. The first-order valence-electron chi connectivity index (χ1n) is 5.25. The highest BCUT2D eigenvalue weighted by molar-refractivity contribution is 5.88. The molecule has 0 unspecified atom stereocenters. The average Bonchev–Trinajstić information content (AvgIpc) is 2.40. The number of hydrogen-bond donors (Lipinski definition) is 2. The van der Waals surface area contributed by atoms with Gasteiger partial charge >= 0.3 is 5.97 Å². The van der Waals surface area contributed by atoms with Gasteiger partial charge in [0.05, 0.1) is 11.4 Å². The van der Waals surface area contributed by atoms with E-state index in [4.69, 9.17) is 5.11 Å². The summed E-state index contributed by atoms with van der Waals surface area (Å²) in [4.78, 5) is 26.4. The summed E-state index contributed by atoms with van der Waals surface area (Å²) < 4.78 is 0. The molecule has 2 heterocycles. The minimum absolute atomic E-state index is 0.104. The smallest absolute Gasteiger partial charge is 0.339 e. The SMILES string of the molecule is O=C(O)c1cncnc1CNCc1ccncn1. The van der Waals surface area contributed by atoms with E-state index in [2.05, 4.69) is 25.3 Å². The van der Waals surface area contributed by atoms with Gasteiger partial charge in [-0.3, -0.25) is 0 Å². The van der Waals surface area contributed by atoms with Crippen LogP contribution in [0.4, 0.5) is 0 Å². The number of aromatic carboxylic acids is 1. The topological polar surface area (TPSA) is 101 Å². The third-order valence-electron chi connectivity index (χ3n) is 2.27. The molecule has 0 bridgehead atoms. The van der Waals surface area contributed by atoms with Gasteiger partial charge in [-0.1, -0.05) is 0 Å². The first-order chi connectivity index (χ1) is 8.77. The molecule has 92 valence electrons. The number of nitrogens with one attached hydrogen (secondary N) is 1. The van der Waals surface area contributed by atoms with Crippen molar-refractivity contribution in [2.45, 2.75) is 13.1 Å². The first kappa shape index (κ1) is 12.1. The van der Waals surface area contributed by atoms with Gasteiger partial charge in [0, 0.05) is 25.5 Å². The van der Waals surface area contributed by atoms with E-state index in [1.165, 1.54) is 18.9 Å². The number of rotatable bonds is 5. The van der Waals surface area contributed by atoms with Gasteiger partial charge in [-0.2, -0.15) is 0 Å². The zero-order valence-corrected chi connectivity index (χ0v) is 9.45. The summed E-state index contributed by atoms with van der Waals surface area (Å²) in [6.45, 7) is 0.861. The van der Waals surface area contributed by atoms with Crippen LogP contribution < -0.4 is 5.32 Å². The van der Waals surface area contributed by atoms with Crippen molar-refractivity contribution < 1.29 is 9.90 Å². The van der Waals surface area contributed by atoms with Crippen LogP contribution in [0.5, 0.6) is 0 Å². The van der Waals surface area contributed by atoms with Gasteiger partial charge in [-0.15, -0.1) is 0 Å². The molecule has 2 aromatic heterocycles. The van der Waals surface area contributed by atoms with Gasteiger partial charge in [-0.25, -0.2) is 24.7 Å². The molecule has 0 saturated heterocycles. The number of nitrogens with zero attached hydrogens (tertiary/aromatic N) is 4. The van der Waals surface area contributed by atoms with Crippen molar-refractivity contribution in [3.63, 3.8) is 0 Å². The van der Waals surface area contributed by atoms with Crippen molar-refractivity contribution in [2.75, 3.05) is 0 Å². The van der Waals surface area contributed by atoms with Crippen molar-refractivity contribution >= 4 is 5.97 Å². The van der Waals surface area contributed by atoms with E-state index in [1.54, 1.807) is 12.3 Å². The second-order valence-electron chi connectivity index (χ2n) is 3.49. The molecule has 0 saturated carbocycles. The maximum absolute atomic E-state index is 10.9. The molecule has 0 aliphatic carbocycles. The van der Waals surface area contributed by atoms with Crippen LogP contribution in [0.1, 0.15) is 21.7 Å². The lowest BCUT2D eigenvalue weighted by Crippen LogP contribution is -2.17. The highest BCUT2D eigenvalue weighted by Crippen LogP contribution is 2.03. The van der Waals surface area contributed by atoms with Gasteiger partial charge in [-0.05, 0) is 6.07 Å². The first-order valence-corrected chi connectivity index (χ1v) is 5.25. The Labute approximate surface area is 103 Å². The minimum atomic E-state index is -1.03. The monoisotopic (exact) mass is 245 g/mol. The van der Waals surface area contributed by atoms with Crippen LogP contribution in [0.2, 0.25) is 0 Å². The number of hydrogen-bond acceptors (Lipinski definition) is 6. The lowest BCUT2D eigenvalue weighted by atomic mass is 10.2. The Morgan fingerprint density at radius 2 is 2.06 bits per heavy atom. The highest BCUT2D eigenvalue weighted by atomic mass is 16.4. The Kier molecular flexibility index (Phi) is 3.87. The quantitative estimate of drug-likeness (QED) is 0.778. The summed E-state index contributed by atoms with van der Waals surface area (Å²) >= 11 is 0. The molecule has 7 heteroatoms. The van der Waals surface area contributed by atoms with Gasteiger partial charge < -0.3 is 10.4 Å². The lowest BCUT2D eigenvalue weighted by molar-refractivity contribution is 0.0694. The molecule has 0 spiro atoms. The molecular weight excluding hydrogens is 234 g/mol. The van der Waals surface area contributed by atoms with E-state index in [-0.39, 0.29) is 5.56 Å². The van der Waals surface area contributed by atoms with Crippen LogP contribution in [0, 0.1) is 0 Å². The van der Waals surface area contributed by atoms with Crippen LogP contribution in [-0.2, 0) is 13.1 Å². The normalized spacial score (nSPS) is 10.2. The number of carbonyl (C=O) groups is 1. The third kappa shape index (κ3) is 3.05. The van der Waals surface area contributed by atoms with E-state index in [1.807, 2.05) is 0 Å². The fraction of sp³-hybridized carbons (Fsp3) is 0.182. The Morgan fingerprint density at radius 3 is 2.78 bits per heavy atom. The van der Waals surface area contributed by atoms with Crippen LogP contribution in [0.3, 0.4) is 0 Å². The number of carboxylic acid groups (broad SMARTS) is 1. The molecule has 7 nitrogen and oxygen atoms in total. The summed E-state index contributed by atoms with van der Waals surface area (Å²) in [5.74, 6) is -1.03. The van der Waals surface area contributed by atoms with Crippen molar-refractivity contribution in [3.05, 3.63) is 48.1 Å². The fourth-order valence-corrected chi connectivity index (χ4v) is 1.41. The van der Waals surface area contributed by atoms with E-state index in [0.29, 0.717) is 18.8 Å².